The number of hydrogen-bond donors (Lipinski definition) is 2. The number of benzene rings is 3. The van der Waals surface area contributed by atoms with Crippen LogP contribution in [0.15, 0.2) is 84.9 Å². The maximum Gasteiger partial charge on any atom is 0.232 e. The summed E-state index contributed by atoms with van der Waals surface area (Å²) in [7, 11) is 0. The van der Waals surface area contributed by atoms with Crippen molar-refractivity contribution < 1.29 is 4.74 Å². The van der Waals surface area contributed by atoms with Gasteiger partial charge in [-0.05, 0) is 42.3 Å². The van der Waals surface area contributed by atoms with Crippen molar-refractivity contribution in [2.45, 2.75) is 19.5 Å². The third kappa shape index (κ3) is 6.41. The van der Waals surface area contributed by atoms with Gasteiger partial charge in [0.2, 0.25) is 11.9 Å². The monoisotopic (exact) mass is 495 g/mol. The molecule has 8 heteroatoms. The summed E-state index contributed by atoms with van der Waals surface area (Å²) >= 11 is 0. The van der Waals surface area contributed by atoms with Gasteiger partial charge in [0.15, 0.2) is 0 Å². The van der Waals surface area contributed by atoms with Crippen LogP contribution in [0.4, 0.5) is 17.6 Å². The fourth-order valence-electron chi connectivity index (χ4n) is 4.76. The van der Waals surface area contributed by atoms with E-state index in [9.17, 15) is 0 Å². The summed E-state index contributed by atoms with van der Waals surface area (Å²) in [5, 5.41) is 3.23. The highest BCUT2D eigenvalue weighted by Gasteiger charge is 2.26. The average molecular weight is 496 g/mol. The van der Waals surface area contributed by atoms with E-state index in [0.29, 0.717) is 24.9 Å². The third-order valence-corrected chi connectivity index (χ3v) is 6.49. The first kappa shape index (κ1) is 24.7. The summed E-state index contributed by atoms with van der Waals surface area (Å²) in [6.45, 7) is 6.96. The minimum atomic E-state index is 0.213. The minimum absolute atomic E-state index is 0.213. The molecule has 190 valence electrons. The Kier molecular flexibility index (Phi) is 7.88. The predicted molar refractivity (Wildman–Crippen MR) is 147 cm³/mol. The fourth-order valence-corrected chi connectivity index (χ4v) is 4.76. The summed E-state index contributed by atoms with van der Waals surface area (Å²) in [6, 6.07) is 29.4. The van der Waals surface area contributed by atoms with Crippen LogP contribution in [0.1, 0.15) is 29.9 Å². The molecule has 4 aromatic rings. The summed E-state index contributed by atoms with van der Waals surface area (Å²) < 4.78 is 5.51. The Morgan fingerprint density at radius 3 is 2.03 bits per heavy atom. The minimum Gasteiger partial charge on any atom is -0.494 e. The van der Waals surface area contributed by atoms with E-state index < -0.39 is 0 Å². The molecule has 37 heavy (non-hydrogen) atoms. The summed E-state index contributed by atoms with van der Waals surface area (Å²) in [5.41, 5.74) is 9.52. The molecule has 0 saturated carbocycles. The second-order valence-electron chi connectivity index (χ2n) is 9.05. The van der Waals surface area contributed by atoms with E-state index in [2.05, 4.69) is 90.7 Å². The molecule has 1 aliphatic heterocycles. The first-order valence-corrected chi connectivity index (χ1v) is 12.7. The number of nitrogens with zero attached hydrogens (tertiary/aromatic N) is 5. The number of anilines is 3. The van der Waals surface area contributed by atoms with Crippen LogP contribution < -0.4 is 15.8 Å². The summed E-state index contributed by atoms with van der Waals surface area (Å²) in [5.74, 6) is 2.14. The maximum absolute atomic E-state index is 6.02. The molecule has 0 spiro atoms. The van der Waals surface area contributed by atoms with E-state index in [0.717, 1.165) is 37.6 Å². The Balaban J connectivity index is 1.23. The molecule has 8 nitrogen and oxygen atoms in total. The highest BCUT2D eigenvalue weighted by atomic mass is 16.5. The van der Waals surface area contributed by atoms with Gasteiger partial charge >= 0.3 is 0 Å². The molecule has 0 radical (unpaired) electrons. The molecule has 1 saturated heterocycles. The zero-order chi connectivity index (χ0) is 25.5. The molecule has 0 unspecified atom stereocenters. The lowest BCUT2D eigenvalue weighted by molar-refractivity contribution is 0.103. The van der Waals surface area contributed by atoms with E-state index in [1.54, 1.807) is 0 Å². The van der Waals surface area contributed by atoms with Gasteiger partial charge in [-0.3, -0.25) is 9.80 Å². The van der Waals surface area contributed by atoms with Crippen molar-refractivity contribution in [3.8, 4) is 5.75 Å². The van der Waals surface area contributed by atoms with Crippen LogP contribution in [0.5, 0.6) is 5.75 Å². The van der Waals surface area contributed by atoms with Gasteiger partial charge in [-0.15, -0.1) is 0 Å². The van der Waals surface area contributed by atoms with Crippen LogP contribution in [0.2, 0.25) is 0 Å². The Hall–Kier alpha value is -4.01. The molecule has 1 fully saturated rings. The quantitative estimate of drug-likeness (QED) is 0.351. The molecule has 1 aliphatic rings. The first-order chi connectivity index (χ1) is 18.2. The molecule has 0 bridgehead atoms. The number of nitrogens with one attached hydrogen (secondary N) is 1. The average Bonchev–Trinajstić information content (AvgIpc) is 2.92. The molecular formula is C29H33N7O. The predicted octanol–water partition coefficient (Wildman–Crippen LogP) is 4.50. The standard InChI is InChI=1S/C29H33N7O/c1-2-37-25-15-13-24(14-16-25)31-29-33-26(32-28(30)34-29)21-35-17-19-36(20-18-35)27(22-9-5-3-6-10-22)23-11-7-4-8-12-23/h3-16,27H,2,17-21H2,1H3,(H3,30,31,32,33,34). The molecule has 2 heterocycles. The van der Waals surface area contributed by atoms with Crippen molar-refractivity contribution in [1.29, 1.82) is 0 Å². The Morgan fingerprint density at radius 1 is 0.811 bits per heavy atom. The summed E-state index contributed by atoms with van der Waals surface area (Å²) in [6.07, 6.45) is 0. The van der Waals surface area contributed by atoms with Crippen molar-refractivity contribution in [3.63, 3.8) is 0 Å². The fraction of sp³-hybridized carbons (Fsp3) is 0.276. The van der Waals surface area contributed by atoms with Crippen LogP contribution in [-0.2, 0) is 6.54 Å². The lowest BCUT2D eigenvalue weighted by atomic mass is 9.96. The Labute approximate surface area is 218 Å². The van der Waals surface area contributed by atoms with Crippen molar-refractivity contribution in [2.75, 3.05) is 43.8 Å². The second kappa shape index (κ2) is 11.8. The first-order valence-electron chi connectivity index (χ1n) is 12.7. The van der Waals surface area contributed by atoms with Gasteiger partial charge in [0, 0.05) is 31.9 Å². The van der Waals surface area contributed by atoms with Gasteiger partial charge in [0.1, 0.15) is 11.6 Å². The van der Waals surface area contributed by atoms with Gasteiger partial charge < -0.3 is 15.8 Å². The smallest absolute Gasteiger partial charge is 0.232 e. The van der Waals surface area contributed by atoms with E-state index in [1.807, 2.05) is 31.2 Å². The van der Waals surface area contributed by atoms with Crippen molar-refractivity contribution in [3.05, 3.63) is 102 Å². The number of rotatable bonds is 9. The van der Waals surface area contributed by atoms with Gasteiger partial charge in [0.05, 0.1) is 19.2 Å². The van der Waals surface area contributed by atoms with Gasteiger partial charge in [-0.1, -0.05) is 60.7 Å². The molecule has 5 rings (SSSR count). The zero-order valence-corrected chi connectivity index (χ0v) is 21.1. The van der Waals surface area contributed by atoms with E-state index >= 15 is 0 Å². The van der Waals surface area contributed by atoms with E-state index in [4.69, 9.17) is 10.5 Å². The van der Waals surface area contributed by atoms with Crippen molar-refractivity contribution >= 4 is 17.6 Å². The lowest BCUT2D eigenvalue weighted by Crippen LogP contribution is -2.47. The molecule has 3 aromatic carbocycles. The molecule has 0 amide bonds. The highest BCUT2D eigenvalue weighted by Crippen LogP contribution is 2.29. The summed E-state index contributed by atoms with van der Waals surface area (Å²) in [4.78, 5) is 18.2. The third-order valence-electron chi connectivity index (χ3n) is 6.49. The van der Waals surface area contributed by atoms with Crippen molar-refractivity contribution in [1.82, 2.24) is 24.8 Å². The number of hydrogen-bond acceptors (Lipinski definition) is 8. The molecule has 3 N–H and O–H groups in total. The SMILES string of the molecule is CCOc1ccc(Nc2nc(N)nc(CN3CCN(C(c4ccccc4)c4ccccc4)CC3)n2)cc1. The largest absolute Gasteiger partial charge is 0.494 e. The lowest BCUT2D eigenvalue weighted by Gasteiger charge is -2.39. The number of piperazine rings is 1. The zero-order valence-electron chi connectivity index (χ0n) is 21.1. The van der Waals surface area contributed by atoms with Crippen LogP contribution in [0.25, 0.3) is 0 Å². The van der Waals surface area contributed by atoms with Crippen LogP contribution in [-0.4, -0.2) is 57.5 Å². The van der Waals surface area contributed by atoms with Gasteiger partial charge in [-0.25, -0.2) is 0 Å². The van der Waals surface area contributed by atoms with Crippen LogP contribution >= 0.6 is 0 Å². The van der Waals surface area contributed by atoms with Crippen molar-refractivity contribution in [2.24, 2.45) is 0 Å². The van der Waals surface area contributed by atoms with Crippen LogP contribution in [0.3, 0.4) is 0 Å². The van der Waals surface area contributed by atoms with E-state index in [-0.39, 0.29) is 12.0 Å². The molecule has 0 atom stereocenters. The molecular weight excluding hydrogens is 462 g/mol. The van der Waals surface area contributed by atoms with Crippen LogP contribution in [0, 0.1) is 0 Å². The second-order valence-corrected chi connectivity index (χ2v) is 9.05. The highest BCUT2D eigenvalue weighted by molar-refractivity contribution is 5.55. The molecule has 0 aliphatic carbocycles. The maximum atomic E-state index is 6.02. The Morgan fingerprint density at radius 2 is 1.43 bits per heavy atom. The van der Waals surface area contributed by atoms with Gasteiger partial charge in [0.25, 0.3) is 0 Å². The molecule has 1 aromatic heterocycles. The topological polar surface area (TPSA) is 92.4 Å². The normalized spacial score (nSPS) is 14.5. The number of nitrogen functional groups attached to an aromatic ring is 1. The van der Waals surface area contributed by atoms with Gasteiger partial charge in [-0.2, -0.15) is 15.0 Å². The number of aromatic nitrogens is 3. The number of nitrogens with two attached hydrogens (primary N) is 1. The van der Waals surface area contributed by atoms with E-state index in [1.165, 1.54) is 11.1 Å². The number of ether oxygens (including phenoxy) is 1. The Bertz CT molecular complexity index is 1220.